The molecule has 0 saturated carbocycles. The molecule has 0 aliphatic heterocycles. The van der Waals surface area contributed by atoms with Gasteiger partial charge in [0.25, 0.3) is 5.91 Å². The van der Waals surface area contributed by atoms with Crippen LogP contribution < -0.4 is 19.7 Å². The lowest BCUT2D eigenvalue weighted by Crippen LogP contribution is -2.20. The molecule has 0 saturated heterocycles. The lowest BCUT2D eigenvalue weighted by atomic mass is 10.2. The van der Waals surface area contributed by atoms with Gasteiger partial charge in [0, 0.05) is 23.9 Å². The maximum absolute atomic E-state index is 12.2. The molecule has 29 heavy (non-hydrogen) atoms. The number of methoxy groups -OCH3 is 1. The molecule has 0 aliphatic carbocycles. The molecule has 152 valence electrons. The fraction of sp³-hybridized carbons (Fsp3) is 0.263. The number of carbonyl (C=O) groups excluding carboxylic acids is 1. The number of ether oxygens (including phenoxy) is 2. The van der Waals surface area contributed by atoms with E-state index in [1.165, 1.54) is 25.3 Å². The van der Waals surface area contributed by atoms with Crippen LogP contribution in [0.2, 0.25) is 0 Å². The maximum atomic E-state index is 12.2. The lowest BCUT2D eigenvalue weighted by Gasteiger charge is -2.10. The Labute approximate surface area is 169 Å². The average molecular weight is 417 g/mol. The third kappa shape index (κ3) is 4.37. The molecule has 10 heteroatoms. The molecule has 1 N–H and O–H groups in total. The van der Waals surface area contributed by atoms with Gasteiger partial charge >= 0.3 is 10.6 Å². The first-order valence-electron chi connectivity index (χ1n) is 8.70. The Morgan fingerprint density at radius 1 is 1.28 bits per heavy atom. The largest absolute Gasteiger partial charge is 0.490 e. The Balaban J connectivity index is 1.68. The zero-order valence-corrected chi connectivity index (χ0v) is 16.8. The molecule has 0 unspecified atom stereocenters. The van der Waals surface area contributed by atoms with Gasteiger partial charge in [0.2, 0.25) is 5.75 Å². The van der Waals surface area contributed by atoms with Crippen LogP contribution in [0.3, 0.4) is 0 Å². The molecule has 2 aromatic carbocycles. The molecule has 0 radical (unpaired) electrons. The van der Waals surface area contributed by atoms with E-state index in [1.54, 1.807) is 22.8 Å². The average Bonchev–Trinajstić information content (AvgIpc) is 3.01. The Hall–Kier alpha value is -3.40. The lowest BCUT2D eigenvalue weighted by molar-refractivity contribution is -0.385. The van der Waals surface area contributed by atoms with E-state index in [0.717, 1.165) is 21.6 Å². The monoisotopic (exact) mass is 417 g/mol. The number of anilines is 1. The van der Waals surface area contributed by atoms with E-state index in [2.05, 4.69) is 5.32 Å². The molecule has 3 aromatic rings. The highest BCUT2D eigenvalue weighted by Crippen LogP contribution is 2.30. The Morgan fingerprint density at radius 3 is 2.69 bits per heavy atom. The zero-order chi connectivity index (χ0) is 21.1. The normalized spacial score (nSPS) is 10.9. The minimum atomic E-state index is -0.563. The molecule has 0 fully saturated rings. The number of amides is 1. The van der Waals surface area contributed by atoms with Crippen molar-refractivity contribution in [3.05, 3.63) is 56.2 Å². The summed E-state index contributed by atoms with van der Waals surface area (Å²) in [4.78, 5) is 34.6. The van der Waals surface area contributed by atoms with Gasteiger partial charge in [0.15, 0.2) is 6.61 Å². The third-order valence-electron chi connectivity index (χ3n) is 4.13. The van der Waals surface area contributed by atoms with Crippen LogP contribution in [-0.2, 0) is 4.79 Å². The number of hydrogen-bond donors (Lipinski definition) is 1. The number of hydrogen-bond acceptors (Lipinski definition) is 7. The van der Waals surface area contributed by atoms with Gasteiger partial charge in [-0.25, -0.2) is 0 Å². The molecule has 9 nitrogen and oxygen atoms in total. The second kappa shape index (κ2) is 8.31. The smallest absolute Gasteiger partial charge is 0.311 e. The minimum Gasteiger partial charge on any atom is -0.490 e. The van der Waals surface area contributed by atoms with Gasteiger partial charge in [-0.05, 0) is 38.1 Å². The highest BCUT2D eigenvalue weighted by Gasteiger charge is 2.16. The second-order valence-corrected chi connectivity index (χ2v) is 7.44. The number of carbonyl (C=O) groups is 1. The summed E-state index contributed by atoms with van der Waals surface area (Å²) in [5.74, 6) is -0.0921. The first-order chi connectivity index (χ1) is 13.8. The van der Waals surface area contributed by atoms with E-state index in [4.69, 9.17) is 9.47 Å². The van der Waals surface area contributed by atoms with Crippen LogP contribution >= 0.6 is 11.3 Å². The number of fused-ring (bicyclic) bond motifs is 1. The predicted molar refractivity (Wildman–Crippen MR) is 110 cm³/mol. The number of nitrogens with zero attached hydrogens (tertiary/aromatic N) is 2. The molecule has 0 aliphatic rings. The Morgan fingerprint density at radius 2 is 2.03 bits per heavy atom. The summed E-state index contributed by atoms with van der Waals surface area (Å²) < 4.78 is 12.8. The van der Waals surface area contributed by atoms with Crippen molar-refractivity contribution in [1.82, 2.24) is 4.57 Å². The van der Waals surface area contributed by atoms with Gasteiger partial charge in [-0.15, -0.1) is 0 Å². The fourth-order valence-corrected chi connectivity index (χ4v) is 3.90. The summed E-state index contributed by atoms with van der Waals surface area (Å²) in [6, 6.07) is 9.30. The number of benzene rings is 2. The van der Waals surface area contributed by atoms with E-state index in [-0.39, 0.29) is 34.7 Å². The van der Waals surface area contributed by atoms with E-state index in [9.17, 15) is 19.7 Å². The fourth-order valence-electron chi connectivity index (χ4n) is 2.85. The number of nitro groups is 1. The molecule has 1 amide bonds. The summed E-state index contributed by atoms with van der Waals surface area (Å²) >= 11 is 1.12. The minimum absolute atomic E-state index is 0.0444. The van der Waals surface area contributed by atoms with Crippen LogP contribution in [0.4, 0.5) is 11.4 Å². The van der Waals surface area contributed by atoms with E-state index in [0.29, 0.717) is 5.69 Å². The van der Waals surface area contributed by atoms with Crippen molar-refractivity contribution < 1.29 is 19.2 Å². The SMILES string of the molecule is COc1cc(OCC(=O)Nc2ccc3c(c2)sc(=O)n3C(C)C)ccc1[N+](=O)[O-]. The van der Waals surface area contributed by atoms with Gasteiger partial charge in [-0.1, -0.05) is 11.3 Å². The summed E-state index contributed by atoms with van der Waals surface area (Å²) in [6.07, 6.45) is 0. The summed E-state index contributed by atoms with van der Waals surface area (Å²) in [5.41, 5.74) is 1.18. The number of nitro benzene ring substituents is 1. The standard InChI is InChI=1S/C19H19N3O6S/c1-11(2)21-15-6-4-12(8-17(15)29-19(21)24)20-18(23)10-28-13-5-7-14(22(25)26)16(9-13)27-3/h4-9,11H,10H2,1-3H3,(H,20,23). The molecular formula is C19H19N3O6S. The molecule has 3 rings (SSSR count). The van der Waals surface area contributed by atoms with Crippen molar-refractivity contribution >= 4 is 38.8 Å². The quantitative estimate of drug-likeness (QED) is 0.464. The first kappa shape index (κ1) is 20.3. The van der Waals surface area contributed by atoms with Crippen molar-refractivity contribution in [3.8, 4) is 11.5 Å². The number of nitrogens with one attached hydrogen (secondary N) is 1. The maximum Gasteiger partial charge on any atom is 0.311 e. The van der Waals surface area contributed by atoms with Gasteiger partial charge in [0.05, 0.1) is 22.2 Å². The molecular weight excluding hydrogens is 398 g/mol. The third-order valence-corrected chi connectivity index (χ3v) is 5.05. The Kier molecular flexibility index (Phi) is 5.83. The molecule has 0 spiro atoms. The van der Waals surface area contributed by atoms with Crippen LogP contribution in [0, 0.1) is 10.1 Å². The highest BCUT2D eigenvalue weighted by atomic mass is 32.1. The molecule has 0 bridgehead atoms. The first-order valence-corrected chi connectivity index (χ1v) is 9.52. The van der Waals surface area contributed by atoms with Crippen LogP contribution in [0.25, 0.3) is 10.2 Å². The van der Waals surface area contributed by atoms with E-state index < -0.39 is 10.8 Å². The van der Waals surface area contributed by atoms with Crippen LogP contribution in [-0.4, -0.2) is 29.1 Å². The summed E-state index contributed by atoms with van der Waals surface area (Å²) in [7, 11) is 1.32. The van der Waals surface area contributed by atoms with Crippen LogP contribution in [0.15, 0.2) is 41.2 Å². The van der Waals surface area contributed by atoms with Crippen molar-refractivity contribution in [2.24, 2.45) is 0 Å². The van der Waals surface area contributed by atoms with E-state index in [1.807, 2.05) is 13.8 Å². The highest BCUT2D eigenvalue weighted by molar-refractivity contribution is 7.16. The predicted octanol–water partition coefficient (Wildman–Crippen LogP) is 3.58. The van der Waals surface area contributed by atoms with Crippen LogP contribution in [0.1, 0.15) is 19.9 Å². The number of thiazole rings is 1. The summed E-state index contributed by atoms with van der Waals surface area (Å²) in [5, 5.41) is 13.6. The summed E-state index contributed by atoms with van der Waals surface area (Å²) in [6.45, 7) is 3.59. The van der Waals surface area contributed by atoms with Gasteiger partial charge in [-0.3, -0.25) is 24.3 Å². The Bertz CT molecular complexity index is 1130. The van der Waals surface area contributed by atoms with Crippen molar-refractivity contribution in [3.63, 3.8) is 0 Å². The van der Waals surface area contributed by atoms with Crippen molar-refractivity contribution in [2.45, 2.75) is 19.9 Å². The van der Waals surface area contributed by atoms with E-state index >= 15 is 0 Å². The van der Waals surface area contributed by atoms with Crippen molar-refractivity contribution in [1.29, 1.82) is 0 Å². The number of rotatable bonds is 7. The molecule has 0 atom stereocenters. The van der Waals surface area contributed by atoms with Crippen LogP contribution in [0.5, 0.6) is 11.5 Å². The van der Waals surface area contributed by atoms with Gasteiger partial charge in [-0.2, -0.15) is 0 Å². The second-order valence-electron chi connectivity index (χ2n) is 6.44. The number of aromatic nitrogens is 1. The zero-order valence-electron chi connectivity index (χ0n) is 16.0. The van der Waals surface area contributed by atoms with Crippen molar-refractivity contribution in [2.75, 3.05) is 19.0 Å². The molecule has 1 heterocycles. The van der Waals surface area contributed by atoms with Gasteiger partial charge < -0.3 is 14.8 Å². The molecule has 1 aromatic heterocycles. The van der Waals surface area contributed by atoms with Gasteiger partial charge in [0.1, 0.15) is 5.75 Å². The topological polar surface area (TPSA) is 113 Å².